The monoisotopic (exact) mass is 382 g/mol. The van der Waals surface area contributed by atoms with Crippen LogP contribution in [0.5, 0.6) is 5.75 Å². The van der Waals surface area contributed by atoms with Crippen LogP contribution in [-0.4, -0.2) is 38.2 Å². The maximum Gasteiger partial charge on any atom is 0.124 e. The summed E-state index contributed by atoms with van der Waals surface area (Å²) in [5.41, 5.74) is 1.17. The highest BCUT2D eigenvalue weighted by atomic mass is 79.9. The van der Waals surface area contributed by atoms with E-state index >= 15 is 0 Å². The number of hydrogen-bond donors (Lipinski definition) is 1. The van der Waals surface area contributed by atoms with Crippen molar-refractivity contribution in [3.63, 3.8) is 0 Å². The summed E-state index contributed by atoms with van der Waals surface area (Å²) in [5, 5.41) is 3.37. The second-order valence-electron chi connectivity index (χ2n) is 4.35. The molecule has 0 saturated carbocycles. The van der Waals surface area contributed by atoms with Gasteiger partial charge in [-0.25, -0.2) is 0 Å². The molecular weight excluding hydrogens is 363 g/mol. The number of methoxy groups -OCH3 is 1. The summed E-state index contributed by atoms with van der Waals surface area (Å²) in [6.07, 6.45) is 2.00. The van der Waals surface area contributed by atoms with Crippen molar-refractivity contribution in [2.75, 3.05) is 33.3 Å². The highest BCUT2D eigenvalue weighted by Crippen LogP contribution is 2.32. The fourth-order valence-corrected chi connectivity index (χ4v) is 2.75. The number of piperazine rings is 1. The molecule has 0 radical (unpaired) electrons. The largest absolute Gasteiger partial charge is 0.496 e. The summed E-state index contributed by atoms with van der Waals surface area (Å²) >= 11 is 3.53. The standard InChI is InChI=1S/C14H19BrN2O.2ClH/c1-3-13(17-8-6-16-7-9-17)12-10-11(15)4-5-14(12)18-2;;/h3-5,10,13,16H,1,6-9H2,2H3;2*1H/t13-;;/m1../s1. The van der Waals surface area contributed by atoms with E-state index < -0.39 is 0 Å². The van der Waals surface area contributed by atoms with E-state index in [9.17, 15) is 0 Å². The fraction of sp³-hybridized carbons (Fsp3) is 0.429. The molecule has 1 aliphatic heterocycles. The van der Waals surface area contributed by atoms with Crippen LogP contribution in [0.25, 0.3) is 0 Å². The quantitative estimate of drug-likeness (QED) is 0.806. The lowest BCUT2D eigenvalue weighted by Gasteiger charge is -2.34. The minimum Gasteiger partial charge on any atom is -0.496 e. The van der Waals surface area contributed by atoms with E-state index in [0.29, 0.717) is 0 Å². The van der Waals surface area contributed by atoms with Crippen molar-refractivity contribution in [3.8, 4) is 5.75 Å². The van der Waals surface area contributed by atoms with Crippen LogP contribution in [0.1, 0.15) is 11.6 Å². The van der Waals surface area contributed by atoms with Gasteiger partial charge in [-0.1, -0.05) is 22.0 Å². The molecule has 0 aliphatic carbocycles. The lowest BCUT2D eigenvalue weighted by molar-refractivity contribution is 0.200. The van der Waals surface area contributed by atoms with Gasteiger partial charge in [-0.15, -0.1) is 31.4 Å². The molecule has 1 N–H and O–H groups in total. The summed E-state index contributed by atoms with van der Waals surface area (Å²) in [5.74, 6) is 0.918. The summed E-state index contributed by atoms with van der Waals surface area (Å²) in [7, 11) is 1.71. The molecule has 0 amide bonds. The zero-order valence-electron chi connectivity index (χ0n) is 11.5. The molecule has 1 fully saturated rings. The zero-order chi connectivity index (χ0) is 13.0. The first kappa shape index (κ1) is 19.7. The number of nitrogens with zero attached hydrogens (tertiary/aromatic N) is 1. The first-order valence-electron chi connectivity index (χ1n) is 6.17. The van der Waals surface area contributed by atoms with Crippen LogP contribution < -0.4 is 10.1 Å². The SMILES string of the molecule is C=C[C@H](c1cc(Br)ccc1OC)N1CCNCC1.Cl.Cl. The van der Waals surface area contributed by atoms with Crippen LogP contribution in [0.2, 0.25) is 0 Å². The number of nitrogens with one attached hydrogen (secondary N) is 1. The Hall–Kier alpha value is -0.260. The molecule has 0 spiro atoms. The molecule has 114 valence electrons. The molecule has 1 saturated heterocycles. The molecule has 6 heteroatoms. The van der Waals surface area contributed by atoms with Gasteiger partial charge in [0.05, 0.1) is 13.2 Å². The number of rotatable bonds is 4. The molecule has 1 aromatic rings. The molecule has 1 atom stereocenters. The molecule has 0 bridgehead atoms. The number of benzene rings is 1. The number of hydrogen-bond acceptors (Lipinski definition) is 3. The van der Waals surface area contributed by atoms with Gasteiger partial charge in [0.25, 0.3) is 0 Å². The molecule has 20 heavy (non-hydrogen) atoms. The van der Waals surface area contributed by atoms with Gasteiger partial charge in [0.2, 0.25) is 0 Å². The Labute approximate surface area is 141 Å². The average molecular weight is 384 g/mol. The van der Waals surface area contributed by atoms with Crippen molar-refractivity contribution >= 4 is 40.7 Å². The fourth-order valence-electron chi connectivity index (χ4n) is 2.37. The number of halogens is 3. The Morgan fingerprint density at radius 3 is 2.55 bits per heavy atom. The summed E-state index contributed by atoms with van der Waals surface area (Å²) in [6, 6.07) is 6.32. The molecular formula is C14H21BrCl2N2O. The predicted octanol–water partition coefficient (Wildman–Crippen LogP) is 3.43. The van der Waals surface area contributed by atoms with Crippen molar-refractivity contribution in [1.29, 1.82) is 0 Å². The smallest absolute Gasteiger partial charge is 0.124 e. The van der Waals surface area contributed by atoms with Crippen molar-refractivity contribution in [1.82, 2.24) is 10.2 Å². The Morgan fingerprint density at radius 1 is 1.35 bits per heavy atom. The first-order valence-corrected chi connectivity index (χ1v) is 6.96. The van der Waals surface area contributed by atoms with Crippen molar-refractivity contribution in [3.05, 3.63) is 40.9 Å². The van der Waals surface area contributed by atoms with E-state index in [-0.39, 0.29) is 30.9 Å². The van der Waals surface area contributed by atoms with Gasteiger partial charge in [0.1, 0.15) is 5.75 Å². The van der Waals surface area contributed by atoms with E-state index in [2.05, 4.69) is 38.8 Å². The van der Waals surface area contributed by atoms with Gasteiger partial charge < -0.3 is 10.1 Å². The highest BCUT2D eigenvalue weighted by molar-refractivity contribution is 9.10. The van der Waals surface area contributed by atoms with Gasteiger partial charge in [-0.2, -0.15) is 0 Å². The predicted molar refractivity (Wildman–Crippen MR) is 92.6 cm³/mol. The van der Waals surface area contributed by atoms with Crippen molar-refractivity contribution < 1.29 is 4.74 Å². The molecule has 1 aliphatic rings. The third kappa shape index (κ3) is 4.64. The third-order valence-electron chi connectivity index (χ3n) is 3.28. The second kappa shape index (κ2) is 9.64. The molecule has 1 aromatic carbocycles. The Kier molecular flexibility index (Phi) is 9.51. The number of ether oxygens (including phenoxy) is 1. The van der Waals surface area contributed by atoms with Gasteiger partial charge in [-0.05, 0) is 18.2 Å². The van der Waals surface area contributed by atoms with E-state index in [4.69, 9.17) is 4.74 Å². The van der Waals surface area contributed by atoms with Crippen molar-refractivity contribution in [2.24, 2.45) is 0 Å². The lowest BCUT2D eigenvalue weighted by atomic mass is 10.0. The second-order valence-corrected chi connectivity index (χ2v) is 5.27. The Morgan fingerprint density at radius 2 is 2.00 bits per heavy atom. The normalized spacial score (nSPS) is 16.5. The first-order chi connectivity index (χ1) is 8.76. The molecule has 0 aromatic heterocycles. The van der Waals surface area contributed by atoms with E-state index in [0.717, 1.165) is 36.4 Å². The summed E-state index contributed by atoms with van der Waals surface area (Å²) < 4.78 is 6.53. The minimum atomic E-state index is 0. The maximum absolute atomic E-state index is 5.46. The Balaban J connectivity index is 0.00000180. The van der Waals surface area contributed by atoms with Crippen LogP contribution in [0.15, 0.2) is 35.3 Å². The summed E-state index contributed by atoms with van der Waals surface area (Å²) in [4.78, 5) is 2.42. The van der Waals surface area contributed by atoms with Crippen molar-refractivity contribution in [2.45, 2.75) is 6.04 Å². The van der Waals surface area contributed by atoms with Gasteiger partial charge in [-0.3, -0.25) is 4.90 Å². The lowest BCUT2D eigenvalue weighted by Crippen LogP contribution is -2.44. The molecule has 1 heterocycles. The molecule has 0 unspecified atom stereocenters. The van der Waals surface area contributed by atoms with E-state index in [1.54, 1.807) is 7.11 Å². The van der Waals surface area contributed by atoms with Crippen LogP contribution in [0, 0.1) is 0 Å². The molecule has 3 nitrogen and oxygen atoms in total. The van der Waals surface area contributed by atoms with Gasteiger partial charge in [0, 0.05) is 36.2 Å². The van der Waals surface area contributed by atoms with E-state index in [1.165, 1.54) is 5.56 Å². The zero-order valence-corrected chi connectivity index (χ0v) is 14.7. The maximum atomic E-state index is 5.46. The van der Waals surface area contributed by atoms with E-state index in [1.807, 2.05) is 18.2 Å². The van der Waals surface area contributed by atoms with Gasteiger partial charge >= 0.3 is 0 Å². The van der Waals surface area contributed by atoms with Crippen LogP contribution >= 0.6 is 40.7 Å². The summed E-state index contributed by atoms with van der Waals surface area (Å²) in [6.45, 7) is 8.11. The minimum absolute atomic E-state index is 0. The van der Waals surface area contributed by atoms with Crippen LogP contribution in [-0.2, 0) is 0 Å². The van der Waals surface area contributed by atoms with Crippen LogP contribution in [0.3, 0.4) is 0 Å². The highest BCUT2D eigenvalue weighted by Gasteiger charge is 2.22. The average Bonchev–Trinajstić information content (AvgIpc) is 2.41. The topological polar surface area (TPSA) is 24.5 Å². The Bertz CT molecular complexity index is 426. The van der Waals surface area contributed by atoms with Crippen LogP contribution in [0.4, 0.5) is 0 Å². The van der Waals surface area contributed by atoms with Gasteiger partial charge in [0.15, 0.2) is 0 Å². The third-order valence-corrected chi connectivity index (χ3v) is 3.77. The molecule has 2 rings (SSSR count).